The minimum atomic E-state index is 0.150. The molecule has 19 heavy (non-hydrogen) atoms. The van der Waals surface area contributed by atoms with E-state index in [1.54, 1.807) is 7.11 Å². The van der Waals surface area contributed by atoms with E-state index in [-0.39, 0.29) is 6.04 Å². The van der Waals surface area contributed by atoms with Crippen LogP contribution in [-0.2, 0) is 6.42 Å². The summed E-state index contributed by atoms with van der Waals surface area (Å²) >= 11 is 3.58. The molecule has 0 aliphatic rings. The minimum absolute atomic E-state index is 0.150. The summed E-state index contributed by atoms with van der Waals surface area (Å²) < 4.78 is 12.0. The van der Waals surface area contributed by atoms with E-state index >= 15 is 0 Å². The molecule has 3 nitrogen and oxygen atoms in total. The number of aryl methyl sites for hydroxylation is 1. The van der Waals surface area contributed by atoms with E-state index in [4.69, 9.17) is 9.15 Å². The minimum Gasteiger partial charge on any atom is -0.497 e. The van der Waals surface area contributed by atoms with Crippen LogP contribution in [0.25, 0.3) is 0 Å². The van der Waals surface area contributed by atoms with E-state index in [9.17, 15) is 0 Å². The van der Waals surface area contributed by atoms with Crippen molar-refractivity contribution in [2.45, 2.75) is 19.4 Å². The summed E-state index contributed by atoms with van der Waals surface area (Å²) in [4.78, 5) is 0. The number of rotatable bonds is 5. The number of likely N-dealkylation sites (N-methyl/N-ethyl adjacent to an activating group) is 1. The number of ether oxygens (including phenoxy) is 1. The van der Waals surface area contributed by atoms with Gasteiger partial charge in [-0.1, -0.05) is 15.9 Å². The SMILES string of the molecule is CNC(Cc1cc(OC)ccc1Br)c1ccc(C)o1. The molecule has 1 unspecified atom stereocenters. The van der Waals surface area contributed by atoms with Gasteiger partial charge >= 0.3 is 0 Å². The number of methoxy groups -OCH3 is 1. The maximum Gasteiger partial charge on any atom is 0.121 e. The highest BCUT2D eigenvalue weighted by Gasteiger charge is 2.15. The van der Waals surface area contributed by atoms with Gasteiger partial charge in [0.1, 0.15) is 17.3 Å². The van der Waals surface area contributed by atoms with Gasteiger partial charge in [-0.3, -0.25) is 0 Å². The van der Waals surface area contributed by atoms with Gasteiger partial charge in [-0.05, 0) is 56.3 Å². The number of hydrogen-bond donors (Lipinski definition) is 1. The van der Waals surface area contributed by atoms with Crippen LogP contribution in [0.1, 0.15) is 23.1 Å². The van der Waals surface area contributed by atoms with Gasteiger partial charge in [0.15, 0.2) is 0 Å². The number of benzene rings is 1. The second kappa shape index (κ2) is 6.26. The van der Waals surface area contributed by atoms with Crippen molar-refractivity contribution in [3.63, 3.8) is 0 Å². The van der Waals surface area contributed by atoms with Gasteiger partial charge in [0, 0.05) is 4.47 Å². The van der Waals surface area contributed by atoms with Gasteiger partial charge in [-0.15, -0.1) is 0 Å². The molecule has 1 aromatic heterocycles. The first-order valence-corrected chi connectivity index (χ1v) is 6.99. The third-order valence-electron chi connectivity index (χ3n) is 3.13. The van der Waals surface area contributed by atoms with Gasteiger partial charge in [-0.25, -0.2) is 0 Å². The van der Waals surface area contributed by atoms with Crippen LogP contribution in [0.2, 0.25) is 0 Å². The highest BCUT2D eigenvalue weighted by atomic mass is 79.9. The molecule has 1 N–H and O–H groups in total. The van der Waals surface area contributed by atoms with Gasteiger partial charge < -0.3 is 14.5 Å². The third kappa shape index (κ3) is 3.39. The maximum absolute atomic E-state index is 5.70. The Labute approximate surface area is 122 Å². The van der Waals surface area contributed by atoms with E-state index in [1.165, 1.54) is 5.56 Å². The lowest BCUT2D eigenvalue weighted by molar-refractivity contribution is 0.407. The van der Waals surface area contributed by atoms with Crippen LogP contribution >= 0.6 is 15.9 Å². The summed E-state index contributed by atoms with van der Waals surface area (Å²) in [7, 11) is 3.62. The number of furan rings is 1. The molecule has 0 radical (unpaired) electrons. The van der Waals surface area contributed by atoms with Crippen LogP contribution in [0.4, 0.5) is 0 Å². The Balaban J connectivity index is 2.23. The molecule has 4 heteroatoms. The van der Waals surface area contributed by atoms with Gasteiger partial charge in [0.05, 0.1) is 13.2 Å². The van der Waals surface area contributed by atoms with E-state index in [2.05, 4.69) is 21.2 Å². The van der Waals surface area contributed by atoms with Gasteiger partial charge in [0.25, 0.3) is 0 Å². The monoisotopic (exact) mass is 323 g/mol. The average Bonchev–Trinajstić information content (AvgIpc) is 2.84. The fourth-order valence-electron chi connectivity index (χ4n) is 2.04. The fraction of sp³-hybridized carbons (Fsp3) is 0.333. The van der Waals surface area contributed by atoms with Crippen LogP contribution in [0.3, 0.4) is 0 Å². The van der Waals surface area contributed by atoms with E-state index in [1.807, 2.05) is 44.3 Å². The first-order chi connectivity index (χ1) is 9.13. The molecule has 2 rings (SSSR count). The lowest BCUT2D eigenvalue weighted by Gasteiger charge is -2.15. The van der Waals surface area contributed by atoms with Crippen molar-refractivity contribution in [2.75, 3.05) is 14.2 Å². The smallest absolute Gasteiger partial charge is 0.121 e. The Morgan fingerprint density at radius 2 is 2.11 bits per heavy atom. The summed E-state index contributed by atoms with van der Waals surface area (Å²) in [5.74, 6) is 2.75. The Morgan fingerprint density at radius 1 is 1.32 bits per heavy atom. The summed E-state index contributed by atoms with van der Waals surface area (Å²) in [6.07, 6.45) is 0.835. The third-order valence-corrected chi connectivity index (χ3v) is 3.90. The predicted octanol–water partition coefficient (Wildman–Crippen LogP) is 3.86. The van der Waals surface area contributed by atoms with Crippen molar-refractivity contribution in [1.29, 1.82) is 0 Å². The second-order valence-corrected chi connectivity index (χ2v) is 5.31. The number of hydrogen-bond acceptors (Lipinski definition) is 3. The molecular formula is C15H18BrNO2. The van der Waals surface area contributed by atoms with E-state index < -0.39 is 0 Å². The molecule has 0 saturated carbocycles. The quantitative estimate of drug-likeness (QED) is 0.907. The Kier molecular flexibility index (Phi) is 4.66. The van der Waals surface area contributed by atoms with E-state index in [0.29, 0.717) is 0 Å². The van der Waals surface area contributed by atoms with Gasteiger partial charge in [-0.2, -0.15) is 0 Å². The molecule has 1 atom stereocenters. The molecule has 2 aromatic rings. The molecule has 0 aliphatic heterocycles. The van der Waals surface area contributed by atoms with Crippen molar-refractivity contribution in [1.82, 2.24) is 5.32 Å². The van der Waals surface area contributed by atoms with Crippen molar-refractivity contribution in [2.24, 2.45) is 0 Å². The largest absolute Gasteiger partial charge is 0.497 e. The zero-order valence-corrected chi connectivity index (χ0v) is 13.0. The Hall–Kier alpha value is -1.26. The molecule has 0 saturated heterocycles. The van der Waals surface area contributed by atoms with Crippen LogP contribution < -0.4 is 10.1 Å². The van der Waals surface area contributed by atoms with Crippen LogP contribution in [-0.4, -0.2) is 14.2 Å². The Morgan fingerprint density at radius 3 is 2.68 bits per heavy atom. The second-order valence-electron chi connectivity index (χ2n) is 4.45. The topological polar surface area (TPSA) is 34.4 Å². The van der Waals surface area contributed by atoms with Crippen molar-refractivity contribution in [3.8, 4) is 5.75 Å². The van der Waals surface area contributed by atoms with Crippen molar-refractivity contribution in [3.05, 3.63) is 51.9 Å². The first kappa shape index (κ1) is 14.2. The van der Waals surface area contributed by atoms with Crippen LogP contribution in [0.5, 0.6) is 5.75 Å². The zero-order chi connectivity index (χ0) is 13.8. The molecular weight excluding hydrogens is 306 g/mol. The molecule has 102 valence electrons. The highest BCUT2D eigenvalue weighted by molar-refractivity contribution is 9.10. The average molecular weight is 324 g/mol. The maximum atomic E-state index is 5.70. The highest BCUT2D eigenvalue weighted by Crippen LogP contribution is 2.28. The molecule has 0 amide bonds. The fourth-order valence-corrected chi connectivity index (χ4v) is 2.45. The molecule has 1 heterocycles. The molecule has 0 fully saturated rings. The van der Waals surface area contributed by atoms with Crippen LogP contribution in [0.15, 0.2) is 39.2 Å². The number of halogens is 1. The molecule has 0 bridgehead atoms. The standard InChI is InChI=1S/C15H18BrNO2/c1-10-4-7-15(19-10)14(17-2)9-11-8-12(18-3)5-6-13(11)16/h4-8,14,17H,9H2,1-3H3. The summed E-state index contributed by atoms with van der Waals surface area (Å²) in [5.41, 5.74) is 1.19. The van der Waals surface area contributed by atoms with Crippen molar-refractivity contribution < 1.29 is 9.15 Å². The predicted molar refractivity (Wildman–Crippen MR) is 79.6 cm³/mol. The van der Waals surface area contributed by atoms with Crippen molar-refractivity contribution >= 4 is 15.9 Å². The first-order valence-electron chi connectivity index (χ1n) is 6.20. The van der Waals surface area contributed by atoms with Gasteiger partial charge in [0.2, 0.25) is 0 Å². The summed E-state index contributed by atoms with van der Waals surface area (Å²) in [6.45, 7) is 1.96. The Bertz CT molecular complexity index is 551. The summed E-state index contributed by atoms with van der Waals surface area (Å²) in [6, 6.07) is 10.2. The molecule has 0 aliphatic carbocycles. The normalized spacial score (nSPS) is 12.4. The van der Waals surface area contributed by atoms with Crippen LogP contribution in [0, 0.1) is 6.92 Å². The zero-order valence-electron chi connectivity index (χ0n) is 11.4. The molecule has 0 spiro atoms. The van der Waals surface area contributed by atoms with E-state index in [0.717, 1.165) is 28.2 Å². The lowest BCUT2D eigenvalue weighted by atomic mass is 10.0. The summed E-state index contributed by atoms with van der Waals surface area (Å²) in [5, 5.41) is 3.29. The molecule has 1 aromatic carbocycles. The lowest BCUT2D eigenvalue weighted by Crippen LogP contribution is -2.18. The number of nitrogens with one attached hydrogen (secondary N) is 1.